The van der Waals surface area contributed by atoms with E-state index in [1.807, 2.05) is 26.0 Å². The normalized spacial score (nSPS) is 11.1. The lowest BCUT2D eigenvalue weighted by atomic mass is 10.1. The molecule has 0 aliphatic carbocycles. The van der Waals surface area contributed by atoms with E-state index in [0.717, 1.165) is 16.9 Å². The van der Waals surface area contributed by atoms with Crippen molar-refractivity contribution in [2.24, 2.45) is 0 Å². The Bertz CT molecular complexity index is 872. The number of nitrogens with one attached hydrogen (secondary N) is 1. The highest BCUT2D eigenvalue weighted by Crippen LogP contribution is 2.18. The second kappa shape index (κ2) is 8.90. The van der Waals surface area contributed by atoms with Gasteiger partial charge in [-0.3, -0.25) is 9.10 Å². The Kier molecular flexibility index (Phi) is 6.85. The summed E-state index contributed by atoms with van der Waals surface area (Å²) < 4.78 is 30.7. The second-order valence-electron chi connectivity index (χ2n) is 6.34. The van der Waals surface area contributed by atoms with Gasteiger partial charge in [0.1, 0.15) is 12.4 Å². The van der Waals surface area contributed by atoms with Crippen LogP contribution in [-0.4, -0.2) is 40.3 Å². The Morgan fingerprint density at radius 3 is 2.22 bits per heavy atom. The highest BCUT2D eigenvalue weighted by atomic mass is 32.2. The number of hydrogen-bond donors (Lipinski definition) is 1. The molecule has 0 saturated heterocycles. The molecule has 2 aromatic rings. The quantitative estimate of drug-likeness (QED) is 0.703. The van der Waals surface area contributed by atoms with E-state index in [0.29, 0.717) is 24.4 Å². The van der Waals surface area contributed by atoms with Crippen molar-refractivity contribution in [2.75, 3.05) is 30.3 Å². The average molecular weight is 391 g/mol. The number of aryl methyl sites for hydroxylation is 2. The molecule has 1 N–H and O–H groups in total. The topological polar surface area (TPSA) is 75.7 Å². The molecular formula is C20H26N2O4S. The third kappa shape index (κ3) is 5.72. The summed E-state index contributed by atoms with van der Waals surface area (Å²) in [5, 5.41) is 2.79. The summed E-state index contributed by atoms with van der Waals surface area (Å²) in [4.78, 5) is 12.2. The summed E-state index contributed by atoms with van der Waals surface area (Å²) in [6.07, 6.45) is 0. The summed E-state index contributed by atoms with van der Waals surface area (Å²) in [5.74, 6) is 0.574. The fourth-order valence-electron chi connectivity index (χ4n) is 2.63. The van der Waals surface area contributed by atoms with Crippen molar-refractivity contribution >= 4 is 21.6 Å². The van der Waals surface area contributed by atoms with Gasteiger partial charge in [0.2, 0.25) is 10.0 Å². The van der Waals surface area contributed by atoms with Crippen LogP contribution in [0.1, 0.15) is 28.4 Å². The monoisotopic (exact) mass is 390 g/mol. The Balaban J connectivity index is 1.87. The zero-order valence-electron chi connectivity index (χ0n) is 16.2. The predicted molar refractivity (Wildman–Crippen MR) is 108 cm³/mol. The fourth-order valence-corrected chi connectivity index (χ4v) is 3.46. The van der Waals surface area contributed by atoms with E-state index in [1.165, 1.54) is 11.4 Å². The number of benzene rings is 2. The number of amides is 1. The van der Waals surface area contributed by atoms with Gasteiger partial charge in [-0.2, -0.15) is 0 Å². The minimum Gasteiger partial charge on any atom is -0.492 e. The van der Waals surface area contributed by atoms with Gasteiger partial charge >= 0.3 is 0 Å². The van der Waals surface area contributed by atoms with Crippen molar-refractivity contribution in [3.8, 4) is 5.75 Å². The van der Waals surface area contributed by atoms with Crippen LogP contribution in [0.3, 0.4) is 0 Å². The minimum atomic E-state index is -3.32. The summed E-state index contributed by atoms with van der Waals surface area (Å²) in [5.41, 5.74) is 3.24. The van der Waals surface area contributed by atoms with Gasteiger partial charge in [0.25, 0.3) is 5.91 Å². The first-order valence-electron chi connectivity index (χ1n) is 8.79. The molecule has 2 rings (SSSR count). The lowest BCUT2D eigenvalue weighted by Crippen LogP contribution is -2.29. The zero-order chi connectivity index (χ0) is 20.0. The smallest absolute Gasteiger partial charge is 0.251 e. The maximum atomic E-state index is 12.2. The van der Waals surface area contributed by atoms with Gasteiger partial charge in [-0.05, 0) is 68.3 Å². The maximum Gasteiger partial charge on any atom is 0.251 e. The van der Waals surface area contributed by atoms with E-state index >= 15 is 0 Å². The van der Waals surface area contributed by atoms with Crippen LogP contribution in [0.2, 0.25) is 0 Å². The van der Waals surface area contributed by atoms with Crippen molar-refractivity contribution in [1.82, 2.24) is 5.32 Å². The molecule has 0 unspecified atom stereocenters. The largest absolute Gasteiger partial charge is 0.492 e. The molecule has 0 saturated carbocycles. The number of nitrogens with zero attached hydrogens (tertiary/aromatic N) is 1. The Morgan fingerprint density at radius 2 is 1.67 bits per heavy atom. The highest BCUT2D eigenvalue weighted by molar-refractivity contribution is 7.92. The number of hydrogen-bond acceptors (Lipinski definition) is 4. The van der Waals surface area contributed by atoms with Crippen molar-refractivity contribution in [3.63, 3.8) is 0 Å². The zero-order valence-corrected chi connectivity index (χ0v) is 17.0. The third-order valence-electron chi connectivity index (χ3n) is 4.13. The van der Waals surface area contributed by atoms with Gasteiger partial charge in [-0.15, -0.1) is 0 Å². The SMILES string of the molecule is CCS(=O)(=O)N(C)c1ccc(C(=O)NCCOc2cc(C)cc(C)c2)cc1. The molecule has 0 fully saturated rings. The van der Waals surface area contributed by atoms with Crippen LogP contribution in [-0.2, 0) is 10.0 Å². The van der Waals surface area contributed by atoms with Gasteiger partial charge in [-0.1, -0.05) is 6.07 Å². The highest BCUT2D eigenvalue weighted by Gasteiger charge is 2.16. The van der Waals surface area contributed by atoms with Gasteiger partial charge in [0, 0.05) is 12.6 Å². The molecule has 0 heterocycles. The molecule has 0 aliphatic heterocycles. The molecule has 1 amide bonds. The van der Waals surface area contributed by atoms with Crippen molar-refractivity contribution in [1.29, 1.82) is 0 Å². The summed E-state index contributed by atoms with van der Waals surface area (Å²) in [6.45, 7) is 6.35. The second-order valence-corrected chi connectivity index (χ2v) is 8.63. The molecule has 27 heavy (non-hydrogen) atoms. The summed E-state index contributed by atoms with van der Waals surface area (Å²) >= 11 is 0. The molecular weight excluding hydrogens is 364 g/mol. The molecule has 0 aliphatic rings. The fraction of sp³-hybridized carbons (Fsp3) is 0.350. The Hall–Kier alpha value is -2.54. The number of anilines is 1. The predicted octanol–water partition coefficient (Wildman–Crippen LogP) is 2.90. The van der Waals surface area contributed by atoms with E-state index < -0.39 is 10.0 Å². The van der Waals surface area contributed by atoms with Gasteiger partial charge in [0.05, 0.1) is 18.0 Å². The summed E-state index contributed by atoms with van der Waals surface area (Å²) in [6, 6.07) is 12.4. The van der Waals surface area contributed by atoms with Crippen LogP contribution < -0.4 is 14.4 Å². The van der Waals surface area contributed by atoms with Crippen LogP contribution in [0.15, 0.2) is 42.5 Å². The van der Waals surface area contributed by atoms with Crippen LogP contribution >= 0.6 is 0 Å². The number of ether oxygens (including phenoxy) is 1. The van der Waals surface area contributed by atoms with Gasteiger partial charge < -0.3 is 10.1 Å². The molecule has 0 spiro atoms. The third-order valence-corrected chi connectivity index (χ3v) is 5.90. The van der Waals surface area contributed by atoms with Gasteiger partial charge in [0.15, 0.2) is 0 Å². The van der Waals surface area contributed by atoms with E-state index in [4.69, 9.17) is 4.74 Å². The molecule has 7 heteroatoms. The van der Waals surface area contributed by atoms with E-state index in [2.05, 4.69) is 11.4 Å². The molecule has 6 nitrogen and oxygen atoms in total. The van der Waals surface area contributed by atoms with Crippen LogP contribution in [0, 0.1) is 13.8 Å². The number of carbonyl (C=O) groups excluding carboxylic acids is 1. The maximum absolute atomic E-state index is 12.2. The van der Waals surface area contributed by atoms with E-state index in [1.54, 1.807) is 31.2 Å². The molecule has 0 bridgehead atoms. The average Bonchev–Trinajstić information content (AvgIpc) is 2.63. The molecule has 0 aromatic heterocycles. The van der Waals surface area contributed by atoms with E-state index in [9.17, 15) is 13.2 Å². The number of rotatable bonds is 8. The standard InChI is InChI=1S/C20H26N2O4S/c1-5-27(24,25)22(4)18-8-6-17(7-9-18)20(23)21-10-11-26-19-13-15(2)12-16(3)14-19/h6-9,12-14H,5,10-11H2,1-4H3,(H,21,23). The minimum absolute atomic E-state index is 0.0200. The van der Waals surface area contributed by atoms with Crippen LogP contribution in [0.25, 0.3) is 0 Å². The number of sulfonamides is 1. The lowest BCUT2D eigenvalue weighted by Gasteiger charge is -2.18. The summed E-state index contributed by atoms with van der Waals surface area (Å²) in [7, 11) is -1.82. The van der Waals surface area contributed by atoms with Crippen LogP contribution in [0.4, 0.5) is 5.69 Å². The van der Waals surface area contributed by atoms with Crippen molar-refractivity contribution in [3.05, 3.63) is 59.2 Å². The van der Waals surface area contributed by atoms with Gasteiger partial charge in [-0.25, -0.2) is 8.42 Å². The number of carbonyl (C=O) groups is 1. The molecule has 0 atom stereocenters. The first-order chi connectivity index (χ1) is 12.7. The van der Waals surface area contributed by atoms with Crippen molar-refractivity contribution in [2.45, 2.75) is 20.8 Å². The van der Waals surface area contributed by atoms with Crippen LogP contribution in [0.5, 0.6) is 5.75 Å². The Labute approximate surface area is 161 Å². The molecule has 2 aromatic carbocycles. The first kappa shape index (κ1) is 20.8. The van der Waals surface area contributed by atoms with Crippen molar-refractivity contribution < 1.29 is 17.9 Å². The van der Waals surface area contributed by atoms with E-state index in [-0.39, 0.29) is 11.7 Å². The molecule has 0 radical (unpaired) electrons. The lowest BCUT2D eigenvalue weighted by molar-refractivity contribution is 0.0947. The Morgan fingerprint density at radius 1 is 1.07 bits per heavy atom. The first-order valence-corrected chi connectivity index (χ1v) is 10.4. The molecule has 146 valence electrons.